The maximum absolute atomic E-state index is 15.0. The zero-order valence-electron chi connectivity index (χ0n) is 23.6. The zero-order chi connectivity index (χ0) is 31.3. The standard InChI is InChI=1S/C27H30F5N5O4Si/c1-25(19-10-17(6-7-20(19)28)11-21(29)22-14-34-18(12-33)13-35-22)15-40-26(2,27(30,31)32)23(37-25)41-24(38)36-16-39-8-9-42(3,4)5/h6-7,10-11,13-14H,8-9,15-16H2,1-5H3,(H,36,38)/b21-11-/t25-,26+/m0/s1. The molecule has 0 unspecified atom stereocenters. The highest BCUT2D eigenvalue weighted by Crippen LogP contribution is 2.43. The van der Waals surface area contributed by atoms with Gasteiger partial charge in [-0.2, -0.15) is 18.4 Å². The summed E-state index contributed by atoms with van der Waals surface area (Å²) < 4.78 is 87.4. The molecular weight excluding hydrogens is 581 g/mol. The molecule has 15 heteroatoms. The quantitative estimate of drug-likeness (QED) is 0.169. The van der Waals surface area contributed by atoms with Crippen LogP contribution in [-0.2, 0) is 19.7 Å². The van der Waals surface area contributed by atoms with Gasteiger partial charge in [-0.3, -0.25) is 5.32 Å². The van der Waals surface area contributed by atoms with Crippen molar-refractivity contribution in [2.45, 2.75) is 56.8 Å². The van der Waals surface area contributed by atoms with Crippen molar-refractivity contribution in [2.75, 3.05) is 19.9 Å². The van der Waals surface area contributed by atoms with E-state index in [9.17, 15) is 22.4 Å². The second-order valence-corrected chi connectivity index (χ2v) is 16.7. The van der Waals surface area contributed by atoms with Crippen LogP contribution in [-0.4, -0.2) is 61.8 Å². The van der Waals surface area contributed by atoms with Crippen LogP contribution in [0.25, 0.3) is 11.9 Å². The first kappa shape index (κ1) is 32.8. The van der Waals surface area contributed by atoms with Gasteiger partial charge in [0.2, 0.25) is 11.5 Å². The van der Waals surface area contributed by atoms with Gasteiger partial charge in [-0.15, -0.1) is 0 Å². The summed E-state index contributed by atoms with van der Waals surface area (Å²) in [6.07, 6.45) is -3.20. The molecule has 1 aliphatic heterocycles. The molecule has 2 atom stereocenters. The maximum Gasteiger partial charge on any atom is 0.426 e. The van der Waals surface area contributed by atoms with Gasteiger partial charge >= 0.3 is 12.3 Å². The van der Waals surface area contributed by atoms with E-state index in [1.807, 2.05) is 0 Å². The summed E-state index contributed by atoms with van der Waals surface area (Å²) in [5.74, 6) is -2.87. The van der Waals surface area contributed by atoms with Crippen molar-refractivity contribution < 1.29 is 41.0 Å². The van der Waals surface area contributed by atoms with Crippen molar-refractivity contribution in [1.29, 1.82) is 5.26 Å². The lowest BCUT2D eigenvalue weighted by molar-refractivity contribution is -0.253. The van der Waals surface area contributed by atoms with E-state index in [0.717, 1.165) is 30.6 Å². The van der Waals surface area contributed by atoms with Crippen molar-refractivity contribution in [2.24, 2.45) is 4.99 Å². The van der Waals surface area contributed by atoms with E-state index >= 15 is 4.39 Å². The first-order chi connectivity index (χ1) is 19.5. The van der Waals surface area contributed by atoms with Crippen molar-refractivity contribution >= 4 is 32.0 Å². The molecule has 42 heavy (non-hydrogen) atoms. The minimum absolute atomic E-state index is 0.0224. The molecule has 1 amide bonds. The van der Waals surface area contributed by atoms with Crippen LogP contribution < -0.4 is 5.32 Å². The summed E-state index contributed by atoms with van der Waals surface area (Å²) >= 11 is 0. The molecule has 0 aliphatic carbocycles. The van der Waals surface area contributed by atoms with Crippen LogP contribution in [0.5, 0.6) is 0 Å². The number of benzene rings is 1. The van der Waals surface area contributed by atoms with Crippen molar-refractivity contribution in [3.63, 3.8) is 0 Å². The Morgan fingerprint density at radius 1 is 1.24 bits per heavy atom. The highest BCUT2D eigenvalue weighted by atomic mass is 28.3. The summed E-state index contributed by atoms with van der Waals surface area (Å²) in [5, 5.41) is 11.0. The molecule has 226 valence electrons. The summed E-state index contributed by atoms with van der Waals surface area (Å²) in [6, 6.07) is 5.96. The van der Waals surface area contributed by atoms with Gasteiger partial charge in [-0.25, -0.2) is 28.5 Å². The number of hydrogen-bond acceptors (Lipinski definition) is 8. The lowest BCUT2D eigenvalue weighted by Crippen LogP contribution is -2.58. The molecule has 9 nitrogen and oxygen atoms in total. The van der Waals surface area contributed by atoms with Gasteiger partial charge in [0.05, 0.1) is 19.0 Å². The average Bonchev–Trinajstić information content (AvgIpc) is 2.90. The van der Waals surface area contributed by atoms with Gasteiger partial charge in [0.1, 0.15) is 29.9 Å². The Labute approximate surface area is 240 Å². The highest BCUT2D eigenvalue weighted by molar-refractivity contribution is 6.76. The SMILES string of the molecule is C[C@@]1(c2cc(/C=C(\F)c3cnc(C#N)cn3)ccc2F)CO[C@@](C)(C(F)(F)F)C(OC(=O)NCOCC[Si](C)(C)C)=N1. The van der Waals surface area contributed by atoms with E-state index in [-0.39, 0.29) is 29.2 Å². The van der Waals surface area contributed by atoms with Gasteiger partial charge in [0.15, 0.2) is 11.5 Å². The third kappa shape index (κ3) is 7.96. The molecule has 0 saturated heterocycles. The number of carbonyl (C=O) groups excluding carboxylic acids is 1. The first-order valence-electron chi connectivity index (χ1n) is 12.7. The number of aromatic nitrogens is 2. The number of halogens is 5. The monoisotopic (exact) mass is 611 g/mol. The minimum atomic E-state index is -5.05. The number of nitrogens with one attached hydrogen (secondary N) is 1. The molecule has 1 aromatic carbocycles. The number of nitriles is 1. The van der Waals surface area contributed by atoms with E-state index < -0.39 is 55.6 Å². The number of amides is 1. The summed E-state index contributed by atoms with van der Waals surface area (Å²) in [7, 11) is -1.40. The van der Waals surface area contributed by atoms with E-state index in [4.69, 9.17) is 19.5 Å². The number of carbonyl (C=O) groups is 1. The van der Waals surface area contributed by atoms with Crippen LogP contribution in [0.2, 0.25) is 25.7 Å². The van der Waals surface area contributed by atoms with Gasteiger partial charge < -0.3 is 14.2 Å². The maximum atomic E-state index is 15.0. The van der Waals surface area contributed by atoms with E-state index in [2.05, 4.69) is 39.9 Å². The summed E-state index contributed by atoms with van der Waals surface area (Å²) in [6.45, 7) is 7.61. The van der Waals surface area contributed by atoms with Crippen LogP contribution >= 0.6 is 0 Å². The molecule has 1 aromatic heterocycles. The Kier molecular flexibility index (Phi) is 9.86. The predicted octanol–water partition coefficient (Wildman–Crippen LogP) is 5.96. The van der Waals surface area contributed by atoms with Crippen molar-refractivity contribution in [3.8, 4) is 6.07 Å². The Morgan fingerprint density at radius 3 is 2.55 bits per heavy atom. The fourth-order valence-electron chi connectivity index (χ4n) is 3.63. The topological polar surface area (TPSA) is 119 Å². The third-order valence-electron chi connectivity index (χ3n) is 6.32. The van der Waals surface area contributed by atoms with Crippen LogP contribution in [0, 0.1) is 17.1 Å². The lowest BCUT2D eigenvalue weighted by Gasteiger charge is -2.41. The number of alkyl halides is 3. The molecule has 0 radical (unpaired) electrons. The molecule has 0 spiro atoms. The molecular formula is C27H30F5N5O4Si. The van der Waals surface area contributed by atoms with Crippen LogP contribution in [0.4, 0.5) is 26.7 Å². The van der Waals surface area contributed by atoms with E-state index in [0.29, 0.717) is 13.5 Å². The summed E-state index contributed by atoms with van der Waals surface area (Å²) in [4.78, 5) is 23.9. The lowest BCUT2D eigenvalue weighted by atomic mass is 9.89. The molecule has 0 bridgehead atoms. The zero-order valence-corrected chi connectivity index (χ0v) is 24.6. The Balaban J connectivity index is 1.89. The number of hydrogen-bond donors (Lipinski definition) is 1. The van der Waals surface area contributed by atoms with Gasteiger partial charge in [-0.05, 0) is 43.7 Å². The summed E-state index contributed by atoms with van der Waals surface area (Å²) in [5.41, 5.74) is -5.26. The second-order valence-electron chi connectivity index (χ2n) is 11.1. The van der Waals surface area contributed by atoms with Crippen LogP contribution in [0.3, 0.4) is 0 Å². The molecule has 3 rings (SSSR count). The Hall–Kier alpha value is -3.74. The van der Waals surface area contributed by atoms with Gasteiger partial charge in [0.25, 0.3) is 0 Å². The molecule has 1 aliphatic rings. The molecule has 0 saturated carbocycles. The van der Waals surface area contributed by atoms with Crippen LogP contribution in [0.1, 0.15) is 36.4 Å². The smallest absolute Gasteiger partial charge is 0.392 e. The fourth-order valence-corrected chi connectivity index (χ4v) is 4.39. The largest absolute Gasteiger partial charge is 0.426 e. The molecule has 2 heterocycles. The van der Waals surface area contributed by atoms with Crippen molar-refractivity contribution in [1.82, 2.24) is 15.3 Å². The normalized spacial score (nSPS) is 21.4. The number of rotatable bonds is 8. The van der Waals surface area contributed by atoms with Gasteiger partial charge in [-0.1, -0.05) is 25.7 Å². The number of nitrogens with zero attached hydrogens (tertiary/aromatic N) is 4. The number of alkyl carbamates (subject to hydrolysis) is 1. The predicted molar refractivity (Wildman–Crippen MR) is 146 cm³/mol. The minimum Gasteiger partial charge on any atom is -0.392 e. The van der Waals surface area contributed by atoms with E-state index in [1.165, 1.54) is 19.1 Å². The third-order valence-corrected chi connectivity index (χ3v) is 8.02. The van der Waals surface area contributed by atoms with Crippen molar-refractivity contribution in [3.05, 3.63) is 58.9 Å². The second kappa shape index (κ2) is 12.6. The van der Waals surface area contributed by atoms with Crippen LogP contribution in [0.15, 0.2) is 35.6 Å². The first-order valence-corrected chi connectivity index (χ1v) is 16.4. The number of aliphatic imine (C=N–C) groups is 1. The fraction of sp³-hybridized carbons (Fsp3) is 0.444. The van der Waals surface area contributed by atoms with E-state index in [1.54, 1.807) is 6.07 Å². The Bertz CT molecular complexity index is 1410. The number of ether oxygens (including phenoxy) is 3. The Morgan fingerprint density at radius 2 is 1.95 bits per heavy atom. The highest BCUT2D eigenvalue weighted by Gasteiger charge is 2.61. The molecule has 1 N–H and O–H groups in total. The molecule has 0 fully saturated rings. The molecule has 2 aromatic rings. The van der Waals surface area contributed by atoms with Gasteiger partial charge in [0, 0.05) is 20.2 Å². The average molecular weight is 612 g/mol.